The Morgan fingerprint density at radius 1 is 1.16 bits per heavy atom. The maximum Gasteiger partial charge on any atom is 0.346 e. The summed E-state index contributed by atoms with van der Waals surface area (Å²) < 4.78 is 16.7. The highest BCUT2D eigenvalue weighted by atomic mass is 16.6. The fraction of sp³-hybridized carbons (Fsp3) is 0.586. The van der Waals surface area contributed by atoms with E-state index < -0.39 is 41.7 Å². The molecule has 0 unspecified atom stereocenters. The predicted octanol–water partition coefficient (Wildman–Crippen LogP) is 2.70. The van der Waals surface area contributed by atoms with Crippen LogP contribution < -0.4 is 9.47 Å². The van der Waals surface area contributed by atoms with Crippen LogP contribution >= 0.6 is 0 Å². The van der Waals surface area contributed by atoms with Crippen molar-refractivity contribution in [3.05, 3.63) is 47.1 Å². The van der Waals surface area contributed by atoms with Gasteiger partial charge < -0.3 is 29.5 Å². The summed E-state index contributed by atoms with van der Waals surface area (Å²) >= 11 is 0. The van der Waals surface area contributed by atoms with Crippen molar-refractivity contribution in [1.29, 1.82) is 0 Å². The standard InChI is InChI=1S/C29H36O8/c1-14-12-28-15(2)10-18-22(27(18,3)4)17(24(28)32)11-16(13-30)23(31)29(28,34)25(14)37-26(33)21-19(35-5)8-7-9-20(21)36-6/h7-9,11-12,15,17-18,22-23,25,30-31,34H,10,13H2,1-6H3/t15-,17+,18-,22+,23-,25+,28-,29+/m1/s1. The highest BCUT2D eigenvalue weighted by molar-refractivity contribution is 5.97. The van der Waals surface area contributed by atoms with Crippen molar-refractivity contribution < 1.29 is 39.1 Å². The van der Waals surface area contributed by atoms with Crippen LogP contribution in [0.4, 0.5) is 0 Å². The normalized spacial score (nSPS) is 39.3. The molecule has 37 heavy (non-hydrogen) atoms. The molecule has 2 fully saturated rings. The van der Waals surface area contributed by atoms with E-state index in [4.69, 9.17) is 14.2 Å². The molecule has 5 rings (SSSR count). The molecule has 2 bridgehead atoms. The summed E-state index contributed by atoms with van der Waals surface area (Å²) in [6.45, 7) is 7.36. The van der Waals surface area contributed by atoms with Crippen LogP contribution in [-0.4, -0.2) is 65.7 Å². The molecule has 0 amide bonds. The van der Waals surface area contributed by atoms with Gasteiger partial charge in [-0.05, 0) is 59.8 Å². The van der Waals surface area contributed by atoms with E-state index in [0.29, 0.717) is 12.0 Å². The van der Waals surface area contributed by atoms with E-state index in [-0.39, 0.29) is 51.6 Å². The Hall–Kier alpha value is -2.68. The molecule has 0 saturated heterocycles. The SMILES string of the molecule is COc1cccc(OC)c1C(=O)O[C@H]1C(C)=C[C@@]23C(=O)[C@@H](C=C(CO)[C@@H](O)[C@]12O)[C@H]1[C@@H](C[C@H]3C)C1(C)C. The van der Waals surface area contributed by atoms with Gasteiger partial charge in [-0.3, -0.25) is 4.79 Å². The van der Waals surface area contributed by atoms with Gasteiger partial charge in [-0.15, -0.1) is 0 Å². The molecule has 8 nitrogen and oxygen atoms in total. The second kappa shape index (κ2) is 8.41. The van der Waals surface area contributed by atoms with Crippen LogP contribution in [0.3, 0.4) is 0 Å². The van der Waals surface area contributed by atoms with Crippen LogP contribution in [0.5, 0.6) is 11.5 Å². The number of hydrogen-bond acceptors (Lipinski definition) is 8. The van der Waals surface area contributed by atoms with E-state index in [1.807, 2.05) is 6.92 Å². The van der Waals surface area contributed by atoms with Crippen LogP contribution in [0.1, 0.15) is 44.5 Å². The number of ketones is 1. The number of hydrogen-bond donors (Lipinski definition) is 3. The number of aliphatic hydroxyl groups is 3. The Morgan fingerprint density at radius 2 is 1.78 bits per heavy atom. The summed E-state index contributed by atoms with van der Waals surface area (Å²) in [5.74, 6) is -1.17. The molecule has 0 aromatic heterocycles. The lowest BCUT2D eigenvalue weighted by Gasteiger charge is -2.48. The topological polar surface area (TPSA) is 123 Å². The summed E-state index contributed by atoms with van der Waals surface area (Å²) in [7, 11) is 2.84. The third-order valence-electron chi connectivity index (χ3n) is 9.75. The number of allylic oxidation sites excluding steroid dienone is 1. The number of Topliss-reactive ketones (excluding diaryl/α,β-unsaturated/α-hetero) is 1. The molecule has 1 aromatic rings. The van der Waals surface area contributed by atoms with Gasteiger partial charge in [-0.2, -0.15) is 0 Å². The van der Waals surface area contributed by atoms with E-state index in [2.05, 4.69) is 13.8 Å². The van der Waals surface area contributed by atoms with Gasteiger partial charge in [0.2, 0.25) is 0 Å². The lowest BCUT2D eigenvalue weighted by Crippen LogP contribution is -2.65. The predicted molar refractivity (Wildman–Crippen MR) is 134 cm³/mol. The Balaban J connectivity index is 1.64. The Labute approximate surface area is 216 Å². The van der Waals surface area contributed by atoms with E-state index in [9.17, 15) is 24.9 Å². The first-order chi connectivity index (χ1) is 17.4. The highest BCUT2D eigenvalue weighted by Gasteiger charge is 2.76. The molecule has 200 valence electrons. The number of aliphatic hydroxyl groups excluding tert-OH is 2. The van der Waals surface area contributed by atoms with Gasteiger partial charge >= 0.3 is 5.97 Å². The zero-order valence-corrected chi connectivity index (χ0v) is 22.1. The maximum absolute atomic E-state index is 14.4. The second-order valence-electron chi connectivity index (χ2n) is 11.7. The average molecular weight is 513 g/mol. The van der Waals surface area contributed by atoms with Crippen LogP contribution in [0, 0.1) is 34.5 Å². The van der Waals surface area contributed by atoms with Gasteiger partial charge in [0.05, 0.1) is 26.2 Å². The van der Waals surface area contributed by atoms with Gasteiger partial charge in [0.25, 0.3) is 0 Å². The monoisotopic (exact) mass is 512 g/mol. The number of esters is 1. The summed E-state index contributed by atoms with van der Waals surface area (Å²) in [4.78, 5) is 28.0. The lowest BCUT2D eigenvalue weighted by molar-refractivity contribution is -0.190. The zero-order valence-electron chi connectivity index (χ0n) is 22.1. The van der Waals surface area contributed by atoms with Crippen molar-refractivity contribution in [2.75, 3.05) is 20.8 Å². The minimum atomic E-state index is -2.21. The molecule has 3 N–H and O–H groups in total. The van der Waals surface area contributed by atoms with Crippen LogP contribution in [0.25, 0.3) is 0 Å². The average Bonchev–Trinajstić information content (AvgIpc) is 3.36. The van der Waals surface area contributed by atoms with E-state index in [1.54, 1.807) is 37.3 Å². The molecule has 1 aromatic carbocycles. The third kappa shape index (κ3) is 3.18. The minimum Gasteiger partial charge on any atom is -0.496 e. The van der Waals surface area contributed by atoms with Crippen molar-refractivity contribution in [2.24, 2.45) is 34.5 Å². The molecule has 8 atom stereocenters. The summed E-state index contributed by atoms with van der Waals surface area (Å²) in [6, 6.07) is 4.86. The maximum atomic E-state index is 14.4. The quantitative estimate of drug-likeness (QED) is 0.407. The van der Waals surface area contributed by atoms with Crippen LogP contribution in [0.2, 0.25) is 0 Å². The number of methoxy groups -OCH3 is 2. The molecular formula is C29H36O8. The fourth-order valence-electron chi connectivity index (χ4n) is 7.81. The fourth-order valence-corrected chi connectivity index (χ4v) is 7.81. The van der Waals surface area contributed by atoms with Crippen LogP contribution in [0.15, 0.2) is 41.5 Å². The van der Waals surface area contributed by atoms with Crippen LogP contribution in [-0.2, 0) is 9.53 Å². The molecular weight excluding hydrogens is 476 g/mol. The smallest absolute Gasteiger partial charge is 0.346 e. The Bertz CT molecular complexity index is 1190. The molecule has 4 aliphatic carbocycles. The van der Waals surface area contributed by atoms with Gasteiger partial charge in [0.1, 0.15) is 23.2 Å². The summed E-state index contributed by atoms with van der Waals surface area (Å²) in [6.07, 6.45) is 1.08. The number of carbonyl (C=O) groups excluding carboxylic acids is 2. The van der Waals surface area contributed by atoms with E-state index >= 15 is 0 Å². The van der Waals surface area contributed by atoms with Crippen molar-refractivity contribution in [3.63, 3.8) is 0 Å². The molecule has 4 aliphatic rings. The number of rotatable bonds is 5. The molecule has 8 heteroatoms. The minimum absolute atomic E-state index is 0.0343. The van der Waals surface area contributed by atoms with Crippen molar-refractivity contribution in [3.8, 4) is 11.5 Å². The van der Waals surface area contributed by atoms with Gasteiger partial charge in [-0.1, -0.05) is 39.0 Å². The number of carbonyl (C=O) groups is 2. The molecule has 2 saturated carbocycles. The summed E-state index contributed by atoms with van der Waals surface area (Å²) in [5, 5.41) is 34.4. The van der Waals surface area contributed by atoms with E-state index in [0.717, 1.165) is 0 Å². The van der Waals surface area contributed by atoms with Gasteiger partial charge in [0, 0.05) is 5.92 Å². The first kappa shape index (κ1) is 25.9. The number of ether oxygens (including phenoxy) is 3. The molecule has 0 radical (unpaired) electrons. The molecule has 1 spiro atoms. The Kier molecular flexibility index (Phi) is 5.90. The lowest BCUT2D eigenvalue weighted by atomic mass is 9.59. The van der Waals surface area contributed by atoms with Crippen molar-refractivity contribution in [1.82, 2.24) is 0 Å². The van der Waals surface area contributed by atoms with Gasteiger partial charge in [-0.25, -0.2) is 4.79 Å². The first-order valence-corrected chi connectivity index (χ1v) is 12.8. The zero-order chi connectivity index (χ0) is 27.1. The first-order valence-electron chi connectivity index (χ1n) is 12.8. The second-order valence-corrected chi connectivity index (χ2v) is 11.7. The molecule has 0 aliphatic heterocycles. The summed E-state index contributed by atoms with van der Waals surface area (Å²) in [5.41, 5.74) is -3.10. The molecule has 0 heterocycles. The van der Waals surface area contributed by atoms with Crippen molar-refractivity contribution >= 4 is 11.8 Å². The van der Waals surface area contributed by atoms with E-state index in [1.165, 1.54) is 14.2 Å². The number of benzene rings is 1. The highest BCUT2D eigenvalue weighted by Crippen LogP contribution is 2.71. The van der Waals surface area contributed by atoms with Crippen molar-refractivity contribution in [2.45, 2.75) is 51.9 Å². The Morgan fingerprint density at radius 3 is 2.35 bits per heavy atom. The third-order valence-corrected chi connectivity index (χ3v) is 9.75. The van der Waals surface area contributed by atoms with Gasteiger partial charge in [0.15, 0.2) is 17.5 Å². The largest absolute Gasteiger partial charge is 0.496 e. The number of fused-ring (bicyclic) bond motifs is 3.